The van der Waals surface area contributed by atoms with Crippen molar-refractivity contribution in [1.82, 2.24) is 15.1 Å². The fourth-order valence-electron chi connectivity index (χ4n) is 1.72. The number of hydrogen-bond acceptors (Lipinski definition) is 5. The minimum absolute atomic E-state index is 0.212. The molecule has 0 atom stereocenters. The fraction of sp³-hybridized carbons (Fsp3) is 0.400. The molecular formula is C15H20N4O2S. The first-order chi connectivity index (χ1) is 10.7. The summed E-state index contributed by atoms with van der Waals surface area (Å²) < 4.78 is 5.57. The molecule has 0 bridgehead atoms. The Morgan fingerprint density at radius 3 is 2.82 bits per heavy atom. The number of urea groups is 1. The Morgan fingerprint density at radius 1 is 1.32 bits per heavy atom. The van der Waals surface area contributed by atoms with Crippen molar-refractivity contribution in [3.8, 4) is 5.75 Å². The maximum Gasteiger partial charge on any atom is 0.323 e. The van der Waals surface area contributed by atoms with Crippen molar-refractivity contribution in [2.24, 2.45) is 0 Å². The zero-order chi connectivity index (χ0) is 15.8. The van der Waals surface area contributed by atoms with E-state index in [0.717, 1.165) is 23.6 Å². The molecule has 2 amide bonds. The van der Waals surface area contributed by atoms with Crippen LogP contribution in [0.2, 0.25) is 0 Å². The molecule has 0 radical (unpaired) electrons. The zero-order valence-electron chi connectivity index (χ0n) is 12.8. The van der Waals surface area contributed by atoms with Crippen LogP contribution in [0.4, 0.5) is 9.93 Å². The molecule has 6 nitrogen and oxygen atoms in total. The smallest absolute Gasteiger partial charge is 0.323 e. The molecule has 0 aliphatic heterocycles. The number of para-hydroxylation sites is 1. The summed E-state index contributed by atoms with van der Waals surface area (Å²) in [4.78, 5) is 13.6. The van der Waals surface area contributed by atoms with Gasteiger partial charge in [-0.1, -0.05) is 36.5 Å². The molecule has 118 valence electrons. The summed E-state index contributed by atoms with van der Waals surface area (Å²) in [5, 5.41) is 12.2. The quantitative estimate of drug-likeness (QED) is 0.851. The van der Waals surface area contributed by atoms with Crippen LogP contribution in [-0.2, 0) is 6.42 Å². The zero-order valence-corrected chi connectivity index (χ0v) is 13.6. The van der Waals surface area contributed by atoms with Gasteiger partial charge in [-0.3, -0.25) is 5.32 Å². The maximum absolute atomic E-state index is 12.0. The van der Waals surface area contributed by atoms with Gasteiger partial charge in [-0.05, 0) is 18.6 Å². The van der Waals surface area contributed by atoms with E-state index in [9.17, 15) is 4.79 Å². The third-order valence-electron chi connectivity index (χ3n) is 2.93. The van der Waals surface area contributed by atoms with Crippen LogP contribution in [0.5, 0.6) is 5.75 Å². The number of likely N-dealkylation sites (N-methyl/N-ethyl adjacent to an activating group) is 1. The van der Waals surface area contributed by atoms with Gasteiger partial charge >= 0.3 is 6.03 Å². The standard InChI is InChI=1S/C15H20N4O2S/c1-3-7-13-17-18-14(22-13)16-15(20)19(2)10-11-21-12-8-5-4-6-9-12/h4-6,8-9H,3,7,10-11H2,1-2H3,(H,16,18,20). The number of benzene rings is 1. The summed E-state index contributed by atoms with van der Waals surface area (Å²) in [5.41, 5.74) is 0. The van der Waals surface area contributed by atoms with E-state index in [1.807, 2.05) is 30.3 Å². The molecular weight excluding hydrogens is 300 g/mol. The van der Waals surface area contributed by atoms with E-state index in [2.05, 4.69) is 22.4 Å². The average molecular weight is 320 g/mol. The highest BCUT2D eigenvalue weighted by molar-refractivity contribution is 7.15. The summed E-state index contributed by atoms with van der Waals surface area (Å²) in [6, 6.07) is 9.31. The molecule has 0 aliphatic rings. The number of anilines is 1. The van der Waals surface area contributed by atoms with Crippen LogP contribution in [0.15, 0.2) is 30.3 Å². The Kier molecular flexibility index (Phi) is 6.14. The van der Waals surface area contributed by atoms with Gasteiger partial charge in [-0.25, -0.2) is 4.79 Å². The fourth-order valence-corrected chi connectivity index (χ4v) is 2.56. The number of rotatable bonds is 7. The predicted molar refractivity (Wildman–Crippen MR) is 87.5 cm³/mol. The van der Waals surface area contributed by atoms with E-state index in [0.29, 0.717) is 18.3 Å². The third kappa shape index (κ3) is 5.00. The second-order valence-electron chi connectivity index (χ2n) is 4.76. The van der Waals surface area contributed by atoms with E-state index < -0.39 is 0 Å². The Hall–Kier alpha value is -2.15. The molecule has 0 aliphatic carbocycles. The lowest BCUT2D eigenvalue weighted by Gasteiger charge is -2.17. The molecule has 1 N–H and O–H groups in total. The van der Waals surface area contributed by atoms with Gasteiger partial charge in [-0.15, -0.1) is 10.2 Å². The van der Waals surface area contributed by atoms with Crippen LogP contribution in [-0.4, -0.2) is 41.3 Å². The first kappa shape index (κ1) is 16.2. The van der Waals surface area contributed by atoms with Gasteiger partial charge in [0.05, 0.1) is 6.54 Å². The first-order valence-corrected chi connectivity index (χ1v) is 8.03. The molecule has 0 saturated carbocycles. The van der Waals surface area contributed by atoms with E-state index in [1.54, 1.807) is 11.9 Å². The summed E-state index contributed by atoms with van der Waals surface area (Å²) in [6.07, 6.45) is 1.90. The van der Waals surface area contributed by atoms with E-state index in [1.165, 1.54) is 11.3 Å². The highest BCUT2D eigenvalue weighted by Gasteiger charge is 2.12. The molecule has 2 rings (SSSR count). The Labute approximate surface area is 134 Å². The van der Waals surface area contributed by atoms with Crippen LogP contribution in [0.25, 0.3) is 0 Å². The molecule has 0 unspecified atom stereocenters. The highest BCUT2D eigenvalue weighted by atomic mass is 32.1. The molecule has 1 heterocycles. The predicted octanol–water partition coefficient (Wildman–Crippen LogP) is 3.03. The van der Waals surface area contributed by atoms with Crippen molar-refractivity contribution in [2.75, 3.05) is 25.5 Å². The number of aromatic nitrogens is 2. The van der Waals surface area contributed by atoms with Gasteiger partial charge in [0.25, 0.3) is 0 Å². The Bertz CT molecular complexity index is 588. The average Bonchev–Trinajstić information content (AvgIpc) is 2.96. The van der Waals surface area contributed by atoms with E-state index in [-0.39, 0.29) is 6.03 Å². The molecule has 0 spiro atoms. The van der Waals surface area contributed by atoms with Crippen LogP contribution in [0.1, 0.15) is 18.4 Å². The summed E-state index contributed by atoms with van der Waals surface area (Å²) in [6.45, 7) is 3.01. The van der Waals surface area contributed by atoms with Gasteiger partial charge < -0.3 is 9.64 Å². The number of nitrogens with zero attached hydrogens (tertiary/aromatic N) is 3. The molecule has 0 saturated heterocycles. The lowest BCUT2D eigenvalue weighted by atomic mass is 10.3. The largest absolute Gasteiger partial charge is 0.492 e. The highest BCUT2D eigenvalue weighted by Crippen LogP contribution is 2.16. The number of hydrogen-bond donors (Lipinski definition) is 1. The molecule has 2 aromatic rings. The summed E-state index contributed by atoms with van der Waals surface area (Å²) in [5.74, 6) is 0.796. The second-order valence-corrected chi connectivity index (χ2v) is 5.83. The van der Waals surface area contributed by atoms with Crippen molar-refractivity contribution in [3.63, 3.8) is 0 Å². The normalized spacial score (nSPS) is 10.3. The SMILES string of the molecule is CCCc1nnc(NC(=O)N(C)CCOc2ccccc2)s1. The lowest BCUT2D eigenvalue weighted by molar-refractivity contribution is 0.207. The first-order valence-electron chi connectivity index (χ1n) is 7.21. The summed E-state index contributed by atoms with van der Waals surface area (Å²) >= 11 is 1.41. The number of nitrogens with one attached hydrogen (secondary N) is 1. The number of ether oxygens (including phenoxy) is 1. The van der Waals surface area contributed by atoms with Crippen LogP contribution in [0.3, 0.4) is 0 Å². The van der Waals surface area contributed by atoms with Gasteiger partial charge in [0.2, 0.25) is 5.13 Å². The molecule has 1 aromatic carbocycles. The van der Waals surface area contributed by atoms with Crippen molar-refractivity contribution in [2.45, 2.75) is 19.8 Å². The Balaban J connectivity index is 1.74. The van der Waals surface area contributed by atoms with Crippen LogP contribution < -0.4 is 10.1 Å². The minimum Gasteiger partial charge on any atom is -0.492 e. The van der Waals surface area contributed by atoms with E-state index >= 15 is 0 Å². The molecule has 0 fully saturated rings. The minimum atomic E-state index is -0.212. The van der Waals surface area contributed by atoms with Crippen LogP contribution >= 0.6 is 11.3 Å². The summed E-state index contributed by atoms with van der Waals surface area (Å²) in [7, 11) is 1.72. The van der Waals surface area contributed by atoms with Gasteiger partial charge in [0, 0.05) is 13.5 Å². The van der Waals surface area contributed by atoms with Gasteiger partial charge in [-0.2, -0.15) is 0 Å². The Morgan fingerprint density at radius 2 is 2.09 bits per heavy atom. The van der Waals surface area contributed by atoms with E-state index in [4.69, 9.17) is 4.74 Å². The van der Waals surface area contributed by atoms with Crippen molar-refractivity contribution >= 4 is 22.5 Å². The molecule has 22 heavy (non-hydrogen) atoms. The number of amides is 2. The number of aryl methyl sites for hydroxylation is 1. The van der Waals surface area contributed by atoms with Gasteiger partial charge in [0.15, 0.2) is 0 Å². The number of carbonyl (C=O) groups is 1. The van der Waals surface area contributed by atoms with Crippen molar-refractivity contribution in [3.05, 3.63) is 35.3 Å². The topological polar surface area (TPSA) is 67.4 Å². The molecule has 7 heteroatoms. The van der Waals surface area contributed by atoms with Crippen LogP contribution in [0, 0.1) is 0 Å². The van der Waals surface area contributed by atoms with Crippen molar-refractivity contribution < 1.29 is 9.53 Å². The number of carbonyl (C=O) groups excluding carboxylic acids is 1. The van der Waals surface area contributed by atoms with Gasteiger partial charge in [0.1, 0.15) is 17.4 Å². The second kappa shape index (κ2) is 8.33. The van der Waals surface area contributed by atoms with Crippen molar-refractivity contribution in [1.29, 1.82) is 0 Å². The lowest BCUT2D eigenvalue weighted by Crippen LogP contribution is -2.34. The molecule has 1 aromatic heterocycles. The third-order valence-corrected chi connectivity index (χ3v) is 3.83. The monoisotopic (exact) mass is 320 g/mol. The maximum atomic E-state index is 12.0.